The van der Waals surface area contributed by atoms with Gasteiger partial charge in [-0.3, -0.25) is 4.90 Å². The Morgan fingerprint density at radius 3 is 2.71 bits per heavy atom. The number of nitrogens with zero attached hydrogens (tertiary/aromatic N) is 2. The molecule has 2 aromatic carbocycles. The molecule has 0 radical (unpaired) electrons. The molecule has 0 amide bonds. The number of rotatable bonds is 4. The molecule has 8 heteroatoms. The summed E-state index contributed by atoms with van der Waals surface area (Å²) in [4.78, 5) is 19.3. The zero-order valence-electron chi connectivity index (χ0n) is 18.2. The minimum Gasteiger partial charge on any atom is -0.478 e. The Kier molecular flexibility index (Phi) is 7.01. The molecule has 0 saturated heterocycles. The molecule has 34 heavy (non-hydrogen) atoms. The predicted octanol–water partition coefficient (Wildman–Crippen LogP) is 7.30. The number of carboxylic acids is 1. The topological polar surface area (TPSA) is 66.6 Å². The molecule has 0 atom stereocenters. The summed E-state index contributed by atoms with van der Waals surface area (Å²) in [7, 11) is 0. The molecule has 5 nitrogen and oxygen atoms in total. The fraction of sp³-hybridized carbons (Fsp3) is 0.154. The molecule has 1 aliphatic heterocycles. The van der Waals surface area contributed by atoms with Gasteiger partial charge < -0.3 is 9.52 Å². The van der Waals surface area contributed by atoms with Gasteiger partial charge in [-0.05, 0) is 54.6 Å². The van der Waals surface area contributed by atoms with Gasteiger partial charge in [0.25, 0.3) is 0 Å². The maximum Gasteiger partial charge on any atom is 0.336 e. The quantitative estimate of drug-likeness (QED) is 0.309. The normalized spacial score (nSPS) is 14.7. The Hall–Kier alpha value is -2.83. The second kappa shape index (κ2) is 9.80. The van der Waals surface area contributed by atoms with E-state index in [4.69, 9.17) is 32.6 Å². The van der Waals surface area contributed by atoms with Crippen molar-refractivity contribution in [1.82, 2.24) is 9.88 Å². The molecule has 1 N–H and O–H groups in total. The number of halogens is 3. The molecule has 5 rings (SSSR count). The molecule has 4 aromatic rings. The van der Waals surface area contributed by atoms with E-state index in [9.17, 15) is 9.90 Å². The summed E-state index contributed by atoms with van der Waals surface area (Å²) in [6.07, 6.45) is 1.93. The van der Waals surface area contributed by atoms with Crippen LogP contribution in [-0.4, -0.2) is 34.0 Å². The first-order valence-electron chi connectivity index (χ1n) is 10.6. The van der Waals surface area contributed by atoms with Crippen LogP contribution in [0.1, 0.15) is 34.3 Å². The van der Waals surface area contributed by atoms with Crippen molar-refractivity contribution in [3.8, 4) is 11.3 Å². The van der Waals surface area contributed by atoms with Crippen LogP contribution in [0.5, 0.6) is 0 Å². The van der Waals surface area contributed by atoms with E-state index in [1.807, 2.05) is 42.5 Å². The number of aromatic carboxylic acids is 1. The predicted molar refractivity (Wildman–Crippen MR) is 139 cm³/mol. The minimum absolute atomic E-state index is 0. The van der Waals surface area contributed by atoms with Gasteiger partial charge in [-0.2, -0.15) is 0 Å². The van der Waals surface area contributed by atoms with Crippen molar-refractivity contribution >= 4 is 64.1 Å². The van der Waals surface area contributed by atoms with Crippen LogP contribution in [0, 0.1) is 0 Å². The lowest BCUT2D eigenvalue weighted by Gasteiger charge is -2.30. The number of hydrogen-bond acceptors (Lipinski definition) is 4. The molecule has 3 heterocycles. The van der Waals surface area contributed by atoms with Crippen LogP contribution in [0.15, 0.2) is 59.0 Å². The number of carboxylic acid groups (broad SMARTS) is 1. The highest BCUT2D eigenvalue weighted by atomic mass is 35.5. The largest absolute Gasteiger partial charge is 0.478 e. The molecular weight excluding hydrogens is 495 g/mol. The summed E-state index contributed by atoms with van der Waals surface area (Å²) in [6, 6.07) is 16.3. The lowest BCUT2D eigenvalue weighted by molar-refractivity contribution is 0.0696. The molecule has 2 aromatic heterocycles. The van der Waals surface area contributed by atoms with E-state index in [-0.39, 0.29) is 12.4 Å². The summed E-state index contributed by atoms with van der Waals surface area (Å²) >= 11 is 12.5. The Morgan fingerprint density at radius 1 is 1.15 bits per heavy atom. The third kappa shape index (κ3) is 4.44. The highest BCUT2D eigenvalue weighted by Gasteiger charge is 2.28. The number of aromatic nitrogens is 1. The van der Waals surface area contributed by atoms with Crippen LogP contribution in [-0.2, 0) is 6.54 Å². The summed E-state index contributed by atoms with van der Waals surface area (Å²) in [5.41, 5.74) is 4.02. The van der Waals surface area contributed by atoms with E-state index >= 15 is 0 Å². The fourth-order valence-electron chi connectivity index (χ4n) is 4.28. The number of carbonyl (C=O) groups is 1. The maximum absolute atomic E-state index is 12.3. The molecule has 0 unspecified atom stereocenters. The van der Waals surface area contributed by atoms with Crippen molar-refractivity contribution in [1.29, 1.82) is 0 Å². The van der Waals surface area contributed by atoms with E-state index in [1.165, 1.54) is 0 Å². The lowest BCUT2D eigenvalue weighted by Crippen LogP contribution is -2.31. The van der Waals surface area contributed by atoms with Gasteiger partial charge in [0.05, 0.1) is 21.8 Å². The van der Waals surface area contributed by atoms with Crippen molar-refractivity contribution in [3.63, 3.8) is 0 Å². The van der Waals surface area contributed by atoms with Crippen molar-refractivity contribution in [2.75, 3.05) is 13.1 Å². The smallest absolute Gasteiger partial charge is 0.336 e. The fourth-order valence-corrected chi connectivity index (χ4v) is 4.66. The van der Waals surface area contributed by atoms with Crippen LogP contribution in [0.25, 0.3) is 33.9 Å². The lowest BCUT2D eigenvalue weighted by atomic mass is 9.92. The van der Waals surface area contributed by atoms with Gasteiger partial charge in [0.15, 0.2) is 0 Å². The molecule has 0 saturated carbocycles. The van der Waals surface area contributed by atoms with Gasteiger partial charge in [0.1, 0.15) is 11.5 Å². The minimum atomic E-state index is -0.946. The van der Waals surface area contributed by atoms with Gasteiger partial charge in [0, 0.05) is 34.6 Å². The molecule has 0 spiro atoms. The van der Waals surface area contributed by atoms with Crippen molar-refractivity contribution in [3.05, 3.63) is 87.2 Å². The number of pyridine rings is 1. The van der Waals surface area contributed by atoms with Gasteiger partial charge in [-0.1, -0.05) is 48.3 Å². The second-order valence-corrected chi connectivity index (χ2v) is 8.78. The molecule has 0 aliphatic carbocycles. The molecule has 0 fully saturated rings. The number of furan rings is 1. The molecule has 1 aliphatic rings. The third-order valence-corrected chi connectivity index (χ3v) is 6.44. The van der Waals surface area contributed by atoms with Gasteiger partial charge in [0.2, 0.25) is 0 Å². The van der Waals surface area contributed by atoms with E-state index < -0.39 is 5.97 Å². The van der Waals surface area contributed by atoms with E-state index in [0.717, 1.165) is 17.7 Å². The molecule has 174 valence electrons. The Morgan fingerprint density at radius 2 is 1.94 bits per heavy atom. The SMILES string of the molecule is CCN1CC(=Cc2ccc(-c3cc(Cl)ccc3Cl)o2)c2nc3ccccc3c(C(=O)O)c2C1.Cl. The van der Waals surface area contributed by atoms with Crippen LogP contribution in [0.2, 0.25) is 10.0 Å². The third-order valence-electron chi connectivity index (χ3n) is 5.87. The van der Waals surface area contributed by atoms with Crippen molar-refractivity contribution in [2.24, 2.45) is 0 Å². The summed E-state index contributed by atoms with van der Waals surface area (Å²) in [6.45, 7) is 4.01. The standard InChI is InChI=1S/C26H20Cl2N2O3.ClH/c1-2-30-13-15(11-17-8-10-23(33-17)19-12-16(27)7-9-21(19)28)25-20(14-30)24(26(31)32)18-5-3-4-6-22(18)29-25;/h3-12H,2,13-14H2,1H3,(H,31,32);1H. The number of likely N-dealkylation sites (N-methyl/N-ethyl adjacent to an activating group) is 1. The monoisotopic (exact) mass is 514 g/mol. The zero-order valence-corrected chi connectivity index (χ0v) is 20.5. The number of fused-ring (bicyclic) bond motifs is 2. The van der Waals surface area contributed by atoms with Crippen LogP contribution < -0.4 is 0 Å². The van der Waals surface area contributed by atoms with E-state index in [0.29, 0.717) is 62.4 Å². The van der Waals surface area contributed by atoms with E-state index in [2.05, 4.69) is 11.8 Å². The average molecular weight is 516 g/mol. The summed E-state index contributed by atoms with van der Waals surface area (Å²) < 4.78 is 6.08. The van der Waals surface area contributed by atoms with Crippen LogP contribution in [0.4, 0.5) is 0 Å². The van der Waals surface area contributed by atoms with Crippen LogP contribution >= 0.6 is 35.6 Å². The van der Waals surface area contributed by atoms with Crippen molar-refractivity contribution < 1.29 is 14.3 Å². The highest BCUT2D eigenvalue weighted by molar-refractivity contribution is 6.35. The van der Waals surface area contributed by atoms with Gasteiger partial charge in [-0.15, -0.1) is 12.4 Å². The highest BCUT2D eigenvalue weighted by Crippen LogP contribution is 2.36. The Bertz CT molecular complexity index is 1430. The van der Waals surface area contributed by atoms with Gasteiger partial charge >= 0.3 is 5.97 Å². The number of hydrogen-bond donors (Lipinski definition) is 1. The average Bonchev–Trinajstić information content (AvgIpc) is 3.27. The van der Waals surface area contributed by atoms with Crippen LogP contribution in [0.3, 0.4) is 0 Å². The summed E-state index contributed by atoms with van der Waals surface area (Å²) in [5.74, 6) is 0.292. The zero-order chi connectivity index (χ0) is 23.1. The second-order valence-electron chi connectivity index (χ2n) is 7.94. The van der Waals surface area contributed by atoms with Crippen molar-refractivity contribution in [2.45, 2.75) is 13.5 Å². The van der Waals surface area contributed by atoms with Gasteiger partial charge in [-0.25, -0.2) is 9.78 Å². The van der Waals surface area contributed by atoms with E-state index in [1.54, 1.807) is 18.2 Å². The first-order chi connectivity index (χ1) is 15.9. The number of benzene rings is 2. The first kappa shape index (κ1) is 24.3. The summed E-state index contributed by atoms with van der Waals surface area (Å²) in [5, 5.41) is 11.8. The Labute approximate surface area is 213 Å². The molecule has 0 bridgehead atoms. The Balaban J connectivity index is 0.00000274. The first-order valence-corrected chi connectivity index (χ1v) is 11.3. The maximum atomic E-state index is 12.3. The number of para-hydroxylation sites is 1. The molecular formula is C26H21Cl3N2O3.